The largest absolute Gasteiger partial charge is 0.494 e. The van der Waals surface area contributed by atoms with Gasteiger partial charge in [-0.25, -0.2) is 0 Å². The summed E-state index contributed by atoms with van der Waals surface area (Å²) >= 11 is 1.12. The number of hydrogen-bond donors (Lipinski definition) is 0. The molecule has 5 aromatic rings. The molecule has 0 saturated heterocycles. The molecular formula is C30H27N3O5S. The third kappa shape index (κ3) is 6.15. The van der Waals surface area contributed by atoms with E-state index in [1.807, 2.05) is 73.7 Å². The van der Waals surface area contributed by atoms with Crippen LogP contribution in [0.1, 0.15) is 35.7 Å². The molecule has 5 rings (SSSR count). The topological polar surface area (TPSA) is 92.0 Å². The summed E-state index contributed by atoms with van der Waals surface area (Å²) in [5.41, 5.74) is 2.09. The molecule has 0 radical (unpaired) electrons. The van der Waals surface area contributed by atoms with E-state index in [9.17, 15) is 9.59 Å². The molecule has 0 aliphatic heterocycles. The van der Waals surface area contributed by atoms with Gasteiger partial charge in [0, 0.05) is 6.42 Å². The smallest absolute Gasteiger partial charge is 0.296 e. The van der Waals surface area contributed by atoms with Gasteiger partial charge in [-0.2, -0.15) is 14.6 Å². The van der Waals surface area contributed by atoms with Crippen molar-refractivity contribution in [3.05, 3.63) is 120 Å². The predicted molar refractivity (Wildman–Crippen MR) is 151 cm³/mol. The normalized spacial score (nSPS) is 11.6. The highest BCUT2D eigenvalue weighted by atomic mass is 32.1. The van der Waals surface area contributed by atoms with E-state index in [2.05, 4.69) is 10.1 Å². The monoisotopic (exact) mass is 541 g/mol. The van der Waals surface area contributed by atoms with Crippen LogP contribution in [0.5, 0.6) is 17.2 Å². The van der Waals surface area contributed by atoms with Gasteiger partial charge < -0.3 is 14.2 Å². The first kappa shape index (κ1) is 26.1. The fraction of sp³-hybridized carbons (Fsp3) is 0.200. The number of ether oxygens (including phenoxy) is 3. The van der Waals surface area contributed by atoms with Crippen LogP contribution in [0.3, 0.4) is 0 Å². The lowest BCUT2D eigenvalue weighted by Crippen LogP contribution is -2.28. The first-order valence-electron chi connectivity index (χ1n) is 12.5. The molecule has 198 valence electrons. The van der Waals surface area contributed by atoms with Crippen LogP contribution in [0.15, 0.2) is 82.4 Å². The fourth-order valence-corrected chi connectivity index (χ4v) is 4.85. The minimum Gasteiger partial charge on any atom is -0.494 e. The lowest BCUT2D eigenvalue weighted by molar-refractivity contribution is 0.284. The van der Waals surface area contributed by atoms with Gasteiger partial charge in [-0.1, -0.05) is 66.8 Å². The van der Waals surface area contributed by atoms with E-state index in [-0.39, 0.29) is 22.6 Å². The van der Waals surface area contributed by atoms with Crippen LogP contribution < -0.4 is 29.9 Å². The second kappa shape index (κ2) is 11.9. The Morgan fingerprint density at radius 3 is 2.46 bits per heavy atom. The van der Waals surface area contributed by atoms with E-state index in [1.165, 1.54) is 4.52 Å². The summed E-state index contributed by atoms with van der Waals surface area (Å²) in [6.45, 7) is 3.10. The molecule has 0 spiro atoms. The molecule has 0 unspecified atom stereocenters. The Kier molecular flexibility index (Phi) is 7.98. The van der Waals surface area contributed by atoms with E-state index in [0.717, 1.165) is 40.2 Å². The fourth-order valence-electron chi connectivity index (χ4n) is 3.95. The molecule has 0 aliphatic rings. The highest BCUT2D eigenvalue weighted by Crippen LogP contribution is 2.29. The summed E-state index contributed by atoms with van der Waals surface area (Å²) in [5, 5.41) is 4.35. The number of methoxy groups -OCH3 is 1. The van der Waals surface area contributed by atoms with Crippen molar-refractivity contribution in [1.29, 1.82) is 0 Å². The van der Waals surface area contributed by atoms with Crippen molar-refractivity contribution in [3.8, 4) is 17.2 Å². The zero-order valence-electron chi connectivity index (χ0n) is 21.6. The third-order valence-corrected chi connectivity index (χ3v) is 6.90. The minimum atomic E-state index is -0.448. The summed E-state index contributed by atoms with van der Waals surface area (Å²) in [5.74, 6) is 1.92. The van der Waals surface area contributed by atoms with Crippen LogP contribution in [-0.4, -0.2) is 28.3 Å². The molecule has 2 heterocycles. The van der Waals surface area contributed by atoms with Crippen molar-refractivity contribution < 1.29 is 14.2 Å². The maximum atomic E-state index is 13.1. The number of fused-ring (bicyclic) bond motifs is 1. The minimum absolute atomic E-state index is 0.206. The van der Waals surface area contributed by atoms with Gasteiger partial charge >= 0.3 is 0 Å². The molecular weight excluding hydrogens is 514 g/mol. The van der Waals surface area contributed by atoms with Crippen LogP contribution in [0.4, 0.5) is 0 Å². The number of thiazole rings is 1. The summed E-state index contributed by atoms with van der Waals surface area (Å²) in [4.78, 5) is 30.2. The Morgan fingerprint density at radius 1 is 0.923 bits per heavy atom. The standard InChI is InChI=1S/C30H27N3O5S/c1-3-15-37-23-12-9-20(10-13-23)16-24-28(34)31-30-33(32-24)29(35)27(39-30)18-22-11-14-25(26(17-22)36-2)38-19-21-7-5-4-6-8-21/h4-14,17-18H,3,15-16,19H2,1-2H3/b27-18-. The molecule has 9 heteroatoms. The lowest BCUT2D eigenvalue weighted by Gasteiger charge is -2.11. The average molecular weight is 542 g/mol. The maximum Gasteiger partial charge on any atom is 0.296 e. The van der Waals surface area contributed by atoms with Gasteiger partial charge in [0.05, 0.1) is 18.2 Å². The Morgan fingerprint density at radius 2 is 1.72 bits per heavy atom. The molecule has 2 aromatic heterocycles. The van der Waals surface area contributed by atoms with Gasteiger partial charge in [-0.05, 0) is 53.5 Å². The van der Waals surface area contributed by atoms with Crippen molar-refractivity contribution in [2.75, 3.05) is 13.7 Å². The van der Waals surface area contributed by atoms with E-state index in [4.69, 9.17) is 14.2 Å². The second-order valence-electron chi connectivity index (χ2n) is 8.83. The molecule has 0 bridgehead atoms. The molecule has 39 heavy (non-hydrogen) atoms. The molecule has 0 aliphatic carbocycles. The summed E-state index contributed by atoms with van der Waals surface area (Å²) in [7, 11) is 1.57. The molecule has 0 saturated carbocycles. The van der Waals surface area contributed by atoms with E-state index in [0.29, 0.717) is 29.2 Å². The van der Waals surface area contributed by atoms with Crippen LogP contribution in [-0.2, 0) is 13.0 Å². The predicted octanol–water partition coefficient (Wildman–Crippen LogP) is 4.03. The number of rotatable bonds is 10. The Labute approximate surface area is 228 Å². The van der Waals surface area contributed by atoms with Crippen molar-refractivity contribution in [1.82, 2.24) is 14.6 Å². The molecule has 0 fully saturated rings. The van der Waals surface area contributed by atoms with Crippen LogP contribution in [0.2, 0.25) is 0 Å². The number of benzene rings is 3. The average Bonchev–Trinajstić information content (AvgIpc) is 3.25. The van der Waals surface area contributed by atoms with E-state index in [1.54, 1.807) is 19.3 Å². The van der Waals surface area contributed by atoms with Crippen LogP contribution >= 0.6 is 11.3 Å². The highest BCUT2D eigenvalue weighted by Gasteiger charge is 2.13. The summed E-state index contributed by atoms with van der Waals surface area (Å²) in [6, 6.07) is 22.8. The zero-order chi connectivity index (χ0) is 27.2. The highest BCUT2D eigenvalue weighted by molar-refractivity contribution is 7.15. The van der Waals surface area contributed by atoms with Gasteiger partial charge in [0.1, 0.15) is 18.1 Å². The Bertz CT molecular complexity index is 1750. The van der Waals surface area contributed by atoms with Crippen molar-refractivity contribution >= 4 is 22.4 Å². The van der Waals surface area contributed by atoms with Crippen molar-refractivity contribution in [2.45, 2.75) is 26.4 Å². The van der Waals surface area contributed by atoms with E-state index < -0.39 is 5.56 Å². The van der Waals surface area contributed by atoms with Gasteiger partial charge in [-0.3, -0.25) is 9.59 Å². The SMILES string of the molecule is CCCOc1ccc(Cc2nn3c(=O)/c(=C/c4ccc(OCc5ccccc5)c(OC)c4)sc3nc2=O)cc1. The van der Waals surface area contributed by atoms with E-state index >= 15 is 0 Å². The summed E-state index contributed by atoms with van der Waals surface area (Å²) in [6.07, 6.45) is 2.92. The molecule has 0 amide bonds. The molecule has 3 aromatic carbocycles. The Hall–Kier alpha value is -4.50. The maximum absolute atomic E-state index is 13.1. The lowest BCUT2D eigenvalue weighted by atomic mass is 10.1. The molecule has 0 atom stereocenters. The quantitative estimate of drug-likeness (QED) is 0.264. The second-order valence-corrected chi connectivity index (χ2v) is 9.84. The van der Waals surface area contributed by atoms with Crippen molar-refractivity contribution in [2.24, 2.45) is 0 Å². The number of hydrogen-bond acceptors (Lipinski definition) is 8. The number of aromatic nitrogens is 3. The third-order valence-electron chi connectivity index (χ3n) is 5.94. The van der Waals surface area contributed by atoms with Crippen molar-refractivity contribution in [3.63, 3.8) is 0 Å². The van der Waals surface area contributed by atoms with Gasteiger partial charge in [0.15, 0.2) is 11.5 Å². The van der Waals surface area contributed by atoms with Crippen LogP contribution in [0.25, 0.3) is 11.0 Å². The first-order chi connectivity index (χ1) is 19.0. The summed E-state index contributed by atoms with van der Waals surface area (Å²) < 4.78 is 18.7. The Balaban J connectivity index is 1.39. The first-order valence-corrected chi connectivity index (χ1v) is 13.4. The van der Waals surface area contributed by atoms with Crippen LogP contribution in [0, 0.1) is 0 Å². The van der Waals surface area contributed by atoms with Gasteiger partial charge in [0.25, 0.3) is 11.1 Å². The van der Waals surface area contributed by atoms with Gasteiger partial charge in [0.2, 0.25) is 4.96 Å². The zero-order valence-corrected chi connectivity index (χ0v) is 22.4. The number of nitrogens with zero attached hydrogens (tertiary/aromatic N) is 3. The molecule has 8 nitrogen and oxygen atoms in total. The molecule has 0 N–H and O–H groups in total. The van der Waals surface area contributed by atoms with Gasteiger partial charge in [-0.15, -0.1) is 0 Å².